The Kier molecular flexibility index (Phi) is 6.24. The summed E-state index contributed by atoms with van der Waals surface area (Å²) in [6.07, 6.45) is 0.559. The zero-order valence-electron chi connectivity index (χ0n) is 15.2. The van der Waals surface area contributed by atoms with Gasteiger partial charge < -0.3 is 24.7 Å². The predicted octanol–water partition coefficient (Wildman–Crippen LogP) is 3.22. The summed E-state index contributed by atoms with van der Waals surface area (Å²) in [6, 6.07) is 6.40. The molecular weight excluding hydrogens is 340 g/mol. The molecular formula is C18H22N2O6. The average molecular weight is 362 g/mol. The third kappa shape index (κ3) is 3.97. The van der Waals surface area contributed by atoms with E-state index in [1.54, 1.807) is 32.2 Å². The van der Waals surface area contributed by atoms with Crippen molar-refractivity contribution in [3.63, 3.8) is 0 Å². The maximum atomic E-state index is 11.1. The molecule has 0 bridgehead atoms. The molecule has 0 unspecified atom stereocenters. The molecule has 26 heavy (non-hydrogen) atoms. The number of rotatable bonds is 8. The fourth-order valence-electron chi connectivity index (χ4n) is 2.55. The van der Waals surface area contributed by atoms with E-state index in [9.17, 15) is 10.1 Å². The maximum Gasteiger partial charge on any atom is 0.276 e. The third-order valence-electron chi connectivity index (χ3n) is 3.88. The Balaban J connectivity index is 2.53. The normalized spacial score (nSPS) is 10.3. The summed E-state index contributed by atoms with van der Waals surface area (Å²) in [4.78, 5) is 10.7. The number of benzene rings is 2. The molecule has 2 aromatic rings. The highest BCUT2D eigenvalue weighted by Gasteiger charge is 2.19. The first kappa shape index (κ1) is 19.3. The Morgan fingerprint density at radius 2 is 1.50 bits per heavy atom. The molecule has 8 heteroatoms. The highest BCUT2D eigenvalue weighted by Crippen LogP contribution is 2.41. The van der Waals surface area contributed by atoms with Crippen molar-refractivity contribution >= 4 is 5.69 Å². The molecule has 0 fully saturated rings. The van der Waals surface area contributed by atoms with Crippen molar-refractivity contribution in [2.45, 2.75) is 13.3 Å². The molecule has 0 saturated heterocycles. The minimum Gasteiger partial charge on any atom is -0.493 e. The first-order valence-electron chi connectivity index (χ1n) is 7.91. The Labute approximate surface area is 151 Å². The van der Waals surface area contributed by atoms with Crippen LogP contribution in [0.5, 0.6) is 28.7 Å². The summed E-state index contributed by atoms with van der Waals surface area (Å²) in [5, 5.41) is 11.1. The zero-order valence-corrected chi connectivity index (χ0v) is 15.2. The van der Waals surface area contributed by atoms with Gasteiger partial charge in [0.25, 0.3) is 5.69 Å². The molecule has 2 rings (SSSR count). The number of hydrogen-bond donors (Lipinski definition) is 1. The Morgan fingerprint density at radius 3 is 2.04 bits per heavy atom. The van der Waals surface area contributed by atoms with Gasteiger partial charge in [-0.1, -0.05) is 0 Å². The second-order valence-corrected chi connectivity index (χ2v) is 5.50. The summed E-state index contributed by atoms with van der Waals surface area (Å²) in [6.45, 7) is 2.06. The average Bonchev–Trinajstić information content (AvgIpc) is 2.62. The highest BCUT2D eigenvalue weighted by atomic mass is 16.6. The SMILES string of the molecule is COc1cc(CCN)c(Oc2cc(C)c([N+](=O)[O-])cc2OC)cc1OC. The van der Waals surface area contributed by atoms with Gasteiger partial charge in [0.15, 0.2) is 23.0 Å². The summed E-state index contributed by atoms with van der Waals surface area (Å²) in [5.74, 6) is 2.20. The van der Waals surface area contributed by atoms with E-state index in [-0.39, 0.29) is 11.4 Å². The van der Waals surface area contributed by atoms with Crippen LogP contribution < -0.4 is 24.7 Å². The van der Waals surface area contributed by atoms with Crippen LogP contribution in [0.2, 0.25) is 0 Å². The summed E-state index contributed by atoms with van der Waals surface area (Å²) >= 11 is 0. The number of hydrogen-bond acceptors (Lipinski definition) is 7. The van der Waals surface area contributed by atoms with Gasteiger partial charge in [0.2, 0.25) is 0 Å². The maximum absolute atomic E-state index is 11.1. The van der Waals surface area contributed by atoms with Gasteiger partial charge in [-0.2, -0.15) is 0 Å². The van der Waals surface area contributed by atoms with Crippen molar-refractivity contribution in [1.29, 1.82) is 0 Å². The van der Waals surface area contributed by atoms with E-state index in [1.165, 1.54) is 20.3 Å². The van der Waals surface area contributed by atoms with Crippen LogP contribution in [-0.2, 0) is 6.42 Å². The minimum absolute atomic E-state index is 0.0382. The fraction of sp³-hybridized carbons (Fsp3) is 0.333. The van der Waals surface area contributed by atoms with Crippen molar-refractivity contribution < 1.29 is 23.9 Å². The van der Waals surface area contributed by atoms with Crippen LogP contribution in [0.1, 0.15) is 11.1 Å². The molecule has 0 aliphatic carbocycles. The summed E-state index contributed by atoms with van der Waals surface area (Å²) < 4.78 is 21.9. The van der Waals surface area contributed by atoms with E-state index in [2.05, 4.69) is 0 Å². The largest absolute Gasteiger partial charge is 0.493 e. The first-order chi connectivity index (χ1) is 12.4. The molecule has 0 radical (unpaired) electrons. The standard InChI is InChI=1S/C18H22N2O6/c1-11-7-18(16(24-3)9-13(11)20(21)22)26-14-10-17(25-4)15(23-2)8-12(14)5-6-19/h7-10H,5-6,19H2,1-4H3. The quantitative estimate of drug-likeness (QED) is 0.567. The summed E-state index contributed by atoms with van der Waals surface area (Å²) in [5.41, 5.74) is 6.94. The number of nitro groups is 1. The molecule has 0 aliphatic rings. The van der Waals surface area contributed by atoms with Crippen molar-refractivity contribution in [3.05, 3.63) is 45.5 Å². The van der Waals surface area contributed by atoms with Gasteiger partial charge in [-0.05, 0) is 37.6 Å². The molecule has 0 heterocycles. The van der Waals surface area contributed by atoms with Crippen LogP contribution in [0.3, 0.4) is 0 Å². The number of methoxy groups -OCH3 is 3. The van der Waals surface area contributed by atoms with Gasteiger partial charge in [0.1, 0.15) is 5.75 Å². The predicted molar refractivity (Wildman–Crippen MR) is 96.8 cm³/mol. The van der Waals surface area contributed by atoms with Gasteiger partial charge in [0, 0.05) is 11.6 Å². The lowest BCUT2D eigenvalue weighted by molar-refractivity contribution is -0.385. The van der Waals surface area contributed by atoms with Crippen LogP contribution in [-0.4, -0.2) is 32.8 Å². The van der Waals surface area contributed by atoms with Crippen LogP contribution in [0, 0.1) is 17.0 Å². The van der Waals surface area contributed by atoms with Gasteiger partial charge >= 0.3 is 0 Å². The van der Waals surface area contributed by atoms with E-state index in [0.29, 0.717) is 41.5 Å². The van der Waals surface area contributed by atoms with Crippen LogP contribution in [0.15, 0.2) is 24.3 Å². The molecule has 0 saturated carbocycles. The zero-order chi connectivity index (χ0) is 19.3. The Morgan fingerprint density at radius 1 is 0.923 bits per heavy atom. The van der Waals surface area contributed by atoms with E-state index in [4.69, 9.17) is 24.7 Å². The number of nitrogens with zero attached hydrogens (tertiary/aromatic N) is 1. The van der Waals surface area contributed by atoms with Crippen molar-refractivity contribution in [1.82, 2.24) is 0 Å². The number of nitro benzene ring substituents is 1. The van der Waals surface area contributed by atoms with Crippen LogP contribution >= 0.6 is 0 Å². The van der Waals surface area contributed by atoms with Gasteiger partial charge in [-0.15, -0.1) is 0 Å². The molecule has 0 aromatic heterocycles. The van der Waals surface area contributed by atoms with E-state index >= 15 is 0 Å². The van der Waals surface area contributed by atoms with Crippen LogP contribution in [0.4, 0.5) is 5.69 Å². The second-order valence-electron chi connectivity index (χ2n) is 5.50. The number of aryl methyl sites for hydroxylation is 1. The summed E-state index contributed by atoms with van der Waals surface area (Å²) in [7, 11) is 4.50. The third-order valence-corrected chi connectivity index (χ3v) is 3.88. The van der Waals surface area contributed by atoms with E-state index in [0.717, 1.165) is 5.56 Å². The minimum atomic E-state index is -0.460. The molecule has 0 spiro atoms. The Bertz CT molecular complexity index is 807. The lowest BCUT2D eigenvalue weighted by Crippen LogP contribution is -2.05. The van der Waals surface area contributed by atoms with Gasteiger partial charge in [0.05, 0.1) is 32.3 Å². The van der Waals surface area contributed by atoms with Gasteiger partial charge in [-0.25, -0.2) is 0 Å². The fourth-order valence-corrected chi connectivity index (χ4v) is 2.55. The van der Waals surface area contributed by atoms with Crippen molar-refractivity contribution in [2.24, 2.45) is 5.73 Å². The molecule has 0 amide bonds. The lowest BCUT2D eigenvalue weighted by Gasteiger charge is -2.17. The first-order valence-corrected chi connectivity index (χ1v) is 7.91. The molecule has 2 aromatic carbocycles. The lowest BCUT2D eigenvalue weighted by atomic mass is 10.1. The number of nitrogens with two attached hydrogens (primary N) is 1. The second kappa shape index (κ2) is 8.39. The van der Waals surface area contributed by atoms with Gasteiger partial charge in [-0.3, -0.25) is 10.1 Å². The molecule has 8 nitrogen and oxygen atoms in total. The molecule has 2 N–H and O–H groups in total. The number of ether oxygens (including phenoxy) is 4. The molecule has 0 aliphatic heterocycles. The van der Waals surface area contributed by atoms with E-state index in [1.807, 2.05) is 0 Å². The highest BCUT2D eigenvalue weighted by molar-refractivity contribution is 5.57. The molecule has 0 atom stereocenters. The smallest absolute Gasteiger partial charge is 0.276 e. The molecule has 140 valence electrons. The van der Waals surface area contributed by atoms with Crippen LogP contribution in [0.25, 0.3) is 0 Å². The van der Waals surface area contributed by atoms with Crippen molar-refractivity contribution in [2.75, 3.05) is 27.9 Å². The van der Waals surface area contributed by atoms with Crippen molar-refractivity contribution in [3.8, 4) is 28.7 Å². The monoisotopic (exact) mass is 362 g/mol. The van der Waals surface area contributed by atoms with E-state index < -0.39 is 4.92 Å². The Hall–Kier alpha value is -3.00. The topological polar surface area (TPSA) is 106 Å².